The Balaban J connectivity index is 2.75. The van der Waals surface area contributed by atoms with E-state index in [0.29, 0.717) is 11.5 Å². The zero-order chi connectivity index (χ0) is 12.9. The number of carbonyl (C=O) groups is 1. The number of anilines is 1. The predicted molar refractivity (Wildman–Crippen MR) is 68.5 cm³/mol. The molecule has 94 valence electrons. The van der Waals surface area contributed by atoms with Crippen LogP contribution in [0, 0.1) is 0 Å². The highest BCUT2D eigenvalue weighted by molar-refractivity contribution is 5.93. The highest BCUT2D eigenvalue weighted by atomic mass is 16.2. The molecule has 0 atom stereocenters. The monoisotopic (exact) mass is 236 g/mol. The molecule has 0 aliphatic carbocycles. The topological polar surface area (TPSA) is 80.0 Å². The van der Waals surface area contributed by atoms with Crippen molar-refractivity contribution >= 4 is 11.7 Å². The van der Waals surface area contributed by atoms with Gasteiger partial charge in [0.05, 0.1) is 0 Å². The van der Waals surface area contributed by atoms with Gasteiger partial charge in [0.1, 0.15) is 11.5 Å². The van der Waals surface area contributed by atoms with Gasteiger partial charge < -0.3 is 10.7 Å². The van der Waals surface area contributed by atoms with E-state index in [0.717, 1.165) is 12.8 Å². The van der Waals surface area contributed by atoms with Gasteiger partial charge in [-0.25, -0.2) is 10.8 Å². The number of carbonyl (C=O) groups excluding carboxylic acids is 1. The highest BCUT2D eigenvalue weighted by Gasteiger charge is 2.20. The molecule has 1 aromatic rings. The lowest BCUT2D eigenvalue weighted by Gasteiger charge is -2.25. The van der Waals surface area contributed by atoms with Crippen molar-refractivity contribution < 1.29 is 4.79 Å². The first-order chi connectivity index (χ1) is 7.98. The Morgan fingerprint density at radius 3 is 2.76 bits per heavy atom. The number of hydrogen-bond donors (Lipinski definition) is 3. The second kappa shape index (κ2) is 5.63. The van der Waals surface area contributed by atoms with Crippen LogP contribution in [0.15, 0.2) is 18.2 Å². The number of rotatable bonds is 5. The molecule has 5 heteroatoms. The van der Waals surface area contributed by atoms with Crippen molar-refractivity contribution in [3.63, 3.8) is 0 Å². The quantitative estimate of drug-likeness (QED) is 0.536. The fourth-order valence-corrected chi connectivity index (χ4v) is 1.70. The fourth-order valence-electron chi connectivity index (χ4n) is 1.70. The summed E-state index contributed by atoms with van der Waals surface area (Å²) in [4.78, 5) is 16.0. The van der Waals surface area contributed by atoms with E-state index < -0.39 is 0 Å². The highest BCUT2D eigenvalue weighted by Crippen LogP contribution is 2.12. The molecule has 0 saturated heterocycles. The summed E-state index contributed by atoms with van der Waals surface area (Å²) >= 11 is 0. The average molecular weight is 236 g/mol. The molecule has 0 spiro atoms. The lowest BCUT2D eigenvalue weighted by Crippen LogP contribution is -2.43. The molecule has 0 aliphatic rings. The van der Waals surface area contributed by atoms with E-state index >= 15 is 0 Å². The molecule has 1 heterocycles. The summed E-state index contributed by atoms with van der Waals surface area (Å²) in [6.07, 6.45) is 1.94. The van der Waals surface area contributed by atoms with Crippen LogP contribution in [0.3, 0.4) is 0 Å². The molecule has 1 amide bonds. The van der Waals surface area contributed by atoms with Crippen molar-refractivity contribution in [2.45, 2.75) is 39.2 Å². The van der Waals surface area contributed by atoms with Crippen LogP contribution in [0.4, 0.5) is 5.82 Å². The van der Waals surface area contributed by atoms with E-state index in [-0.39, 0.29) is 11.4 Å². The van der Waals surface area contributed by atoms with Crippen molar-refractivity contribution in [1.29, 1.82) is 0 Å². The van der Waals surface area contributed by atoms with Gasteiger partial charge in [-0.15, -0.1) is 0 Å². The molecule has 0 bridgehead atoms. The smallest absolute Gasteiger partial charge is 0.270 e. The molecule has 1 aromatic heterocycles. The molecule has 17 heavy (non-hydrogen) atoms. The van der Waals surface area contributed by atoms with Crippen LogP contribution in [0.2, 0.25) is 0 Å². The fraction of sp³-hybridized carbons (Fsp3) is 0.500. The molecule has 0 radical (unpaired) electrons. The van der Waals surface area contributed by atoms with Crippen LogP contribution >= 0.6 is 0 Å². The van der Waals surface area contributed by atoms with Crippen LogP contribution in [-0.4, -0.2) is 16.4 Å². The van der Waals surface area contributed by atoms with Crippen LogP contribution in [0.1, 0.15) is 44.1 Å². The summed E-state index contributed by atoms with van der Waals surface area (Å²) in [7, 11) is 0. The van der Waals surface area contributed by atoms with Gasteiger partial charge in [-0.1, -0.05) is 19.4 Å². The van der Waals surface area contributed by atoms with Crippen molar-refractivity contribution in [3.05, 3.63) is 23.9 Å². The number of hydrazine groups is 1. The van der Waals surface area contributed by atoms with E-state index in [2.05, 4.69) is 22.7 Å². The Bertz CT molecular complexity index is 390. The Morgan fingerprint density at radius 1 is 1.47 bits per heavy atom. The molecule has 0 aliphatic heterocycles. The van der Waals surface area contributed by atoms with Crippen molar-refractivity contribution in [2.24, 2.45) is 5.84 Å². The van der Waals surface area contributed by atoms with E-state index in [1.807, 2.05) is 13.8 Å². The van der Waals surface area contributed by atoms with Gasteiger partial charge in [-0.05, 0) is 32.4 Å². The van der Waals surface area contributed by atoms with Gasteiger partial charge in [0.2, 0.25) is 0 Å². The Labute approximate surface area is 102 Å². The zero-order valence-electron chi connectivity index (χ0n) is 10.6. The molecule has 0 unspecified atom stereocenters. The predicted octanol–water partition coefficient (Wildman–Crippen LogP) is 1.68. The summed E-state index contributed by atoms with van der Waals surface area (Å²) in [5.74, 6) is 5.55. The second-order valence-electron chi connectivity index (χ2n) is 4.64. The van der Waals surface area contributed by atoms with Gasteiger partial charge in [0.15, 0.2) is 0 Å². The normalized spacial score (nSPS) is 11.1. The molecule has 1 rings (SSSR count). The van der Waals surface area contributed by atoms with E-state index in [1.54, 1.807) is 18.2 Å². The van der Waals surface area contributed by atoms with E-state index in [9.17, 15) is 4.79 Å². The number of nitrogens with zero attached hydrogens (tertiary/aromatic N) is 1. The van der Waals surface area contributed by atoms with E-state index in [4.69, 9.17) is 5.84 Å². The maximum absolute atomic E-state index is 12.0. The van der Waals surface area contributed by atoms with Crippen LogP contribution in [-0.2, 0) is 0 Å². The minimum atomic E-state index is -0.223. The Kier molecular flexibility index (Phi) is 4.45. The van der Waals surface area contributed by atoms with Crippen molar-refractivity contribution in [2.75, 3.05) is 5.43 Å². The molecular weight excluding hydrogens is 216 g/mol. The molecule has 5 nitrogen and oxygen atoms in total. The number of pyridine rings is 1. The van der Waals surface area contributed by atoms with Gasteiger partial charge in [0.25, 0.3) is 5.91 Å². The minimum absolute atomic E-state index is 0.180. The maximum Gasteiger partial charge on any atom is 0.270 e. The summed E-state index contributed by atoms with van der Waals surface area (Å²) in [5, 5.41) is 2.95. The molecule has 0 saturated carbocycles. The average Bonchev–Trinajstić information content (AvgIpc) is 2.28. The molecule has 0 fully saturated rings. The third-order valence-electron chi connectivity index (χ3n) is 2.46. The van der Waals surface area contributed by atoms with Gasteiger partial charge in [-0.3, -0.25) is 4.79 Å². The zero-order valence-corrected chi connectivity index (χ0v) is 10.6. The SMILES string of the molecule is CCCC(C)(C)NC(=O)c1cccc(NN)n1. The second-order valence-corrected chi connectivity index (χ2v) is 4.64. The lowest BCUT2D eigenvalue weighted by atomic mass is 9.99. The van der Waals surface area contributed by atoms with Crippen molar-refractivity contribution in [1.82, 2.24) is 10.3 Å². The number of nitrogens with two attached hydrogens (primary N) is 1. The largest absolute Gasteiger partial charge is 0.346 e. The first-order valence-electron chi connectivity index (χ1n) is 5.74. The van der Waals surface area contributed by atoms with Gasteiger partial charge >= 0.3 is 0 Å². The molecule has 4 N–H and O–H groups in total. The van der Waals surface area contributed by atoms with Crippen LogP contribution in [0.25, 0.3) is 0 Å². The van der Waals surface area contributed by atoms with Gasteiger partial charge in [-0.2, -0.15) is 0 Å². The Hall–Kier alpha value is -1.62. The van der Waals surface area contributed by atoms with E-state index in [1.165, 1.54) is 0 Å². The summed E-state index contributed by atoms with van der Waals surface area (Å²) in [6, 6.07) is 5.11. The number of nitrogen functional groups attached to an aromatic ring is 1. The number of amides is 1. The number of nitrogens with one attached hydrogen (secondary N) is 2. The first kappa shape index (κ1) is 13.4. The lowest BCUT2D eigenvalue weighted by molar-refractivity contribution is 0.0904. The van der Waals surface area contributed by atoms with Crippen LogP contribution in [0.5, 0.6) is 0 Å². The first-order valence-corrected chi connectivity index (χ1v) is 5.74. The molecular formula is C12H20N4O. The standard InChI is InChI=1S/C12H20N4O/c1-4-8-12(2,3)15-11(17)9-6-5-7-10(14-9)16-13/h5-7H,4,8,13H2,1-3H3,(H,14,16)(H,15,17). The Morgan fingerprint density at radius 2 is 2.18 bits per heavy atom. The number of hydrogen-bond acceptors (Lipinski definition) is 4. The third kappa shape index (κ3) is 4.03. The van der Waals surface area contributed by atoms with Gasteiger partial charge in [0, 0.05) is 5.54 Å². The maximum atomic E-state index is 12.0. The summed E-state index contributed by atoms with van der Waals surface area (Å²) < 4.78 is 0. The van der Waals surface area contributed by atoms with Crippen molar-refractivity contribution in [3.8, 4) is 0 Å². The minimum Gasteiger partial charge on any atom is -0.346 e. The molecule has 0 aromatic carbocycles. The summed E-state index contributed by atoms with van der Waals surface area (Å²) in [5.41, 5.74) is 2.56. The third-order valence-corrected chi connectivity index (χ3v) is 2.46. The number of aromatic nitrogens is 1. The summed E-state index contributed by atoms with van der Waals surface area (Å²) in [6.45, 7) is 6.09. The van der Waals surface area contributed by atoms with Crippen LogP contribution < -0.4 is 16.6 Å².